The van der Waals surface area contributed by atoms with Crippen LogP contribution in [0.1, 0.15) is 33.3 Å². The number of halogens is 2. The Balaban J connectivity index is 1.86. The Morgan fingerprint density at radius 2 is 1.90 bits per heavy atom. The number of hydrogen-bond acceptors (Lipinski definition) is 4. The third-order valence-corrected chi connectivity index (χ3v) is 5.67. The average molecular weight is 465 g/mol. The fourth-order valence-corrected chi connectivity index (χ4v) is 4.19. The Morgan fingerprint density at radius 1 is 1.10 bits per heavy atom. The van der Waals surface area contributed by atoms with Gasteiger partial charge in [0.2, 0.25) is 5.76 Å². The Labute approximate surface area is 178 Å². The van der Waals surface area contributed by atoms with Crippen LogP contribution in [0.25, 0.3) is 11.0 Å². The zero-order valence-electron chi connectivity index (χ0n) is 15.7. The van der Waals surface area contributed by atoms with Gasteiger partial charge in [0.25, 0.3) is 5.91 Å². The largest absolute Gasteiger partial charge is 0.450 e. The lowest BCUT2D eigenvalue weighted by Crippen LogP contribution is -2.30. The Bertz CT molecular complexity index is 1400. The van der Waals surface area contributed by atoms with Crippen LogP contribution in [0, 0.1) is 12.7 Å². The van der Waals surface area contributed by atoms with Crippen molar-refractivity contribution in [3.63, 3.8) is 0 Å². The molecule has 5 rings (SSSR count). The summed E-state index contributed by atoms with van der Waals surface area (Å²) in [6.45, 7) is 1.87. The molecule has 0 saturated carbocycles. The summed E-state index contributed by atoms with van der Waals surface area (Å²) in [6, 6.07) is 13.6. The van der Waals surface area contributed by atoms with Crippen LogP contribution in [0.15, 0.2) is 74.5 Å². The summed E-state index contributed by atoms with van der Waals surface area (Å²) in [4.78, 5) is 32.5. The molecule has 0 radical (unpaired) electrons. The fourth-order valence-electron chi connectivity index (χ4n) is 3.82. The van der Waals surface area contributed by atoms with E-state index < -0.39 is 17.8 Å². The number of carbonyl (C=O) groups excluding carboxylic acids is 1. The standard InChI is InChI=1S/C23H14BrFN2O3/c1-12-8-9-26-18(10-12)27-20(14-4-2-3-5-16(14)25)19-21(28)15-11-13(24)6-7-17(15)30-22(19)23(27)29/h2-11,20H,1H3. The first-order chi connectivity index (χ1) is 14.5. The average Bonchev–Trinajstić information content (AvgIpc) is 3.01. The highest BCUT2D eigenvalue weighted by atomic mass is 79.9. The van der Waals surface area contributed by atoms with E-state index in [2.05, 4.69) is 20.9 Å². The van der Waals surface area contributed by atoms with Gasteiger partial charge in [0.05, 0.1) is 17.0 Å². The van der Waals surface area contributed by atoms with Gasteiger partial charge in [0.15, 0.2) is 5.43 Å². The lowest BCUT2D eigenvalue weighted by Gasteiger charge is -2.24. The molecule has 0 N–H and O–H groups in total. The molecule has 0 bridgehead atoms. The van der Waals surface area contributed by atoms with Crippen LogP contribution in [0.3, 0.4) is 0 Å². The van der Waals surface area contributed by atoms with Crippen LogP contribution >= 0.6 is 15.9 Å². The van der Waals surface area contributed by atoms with Crippen LogP contribution in [0.4, 0.5) is 10.2 Å². The highest BCUT2D eigenvalue weighted by Crippen LogP contribution is 2.41. The van der Waals surface area contributed by atoms with E-state index in [0.717, 1.165) is 5.56 Å². The molecule has 0 spiro atoms. The lowest BCUT2D eigenvalue weighted by atomic mass is 9.98. The molecule has 1 aliphatic heterocycles. The van der Waals surface area contributed by atoms with Gasteiger partial charge in [-0.3, -0.25) is 14.5 Å². The van der Waals surface area contributed by atoms with Crippen molar-refractivity contribution in [2.24, 2.45) is 0 Å². The third-order valence-electron chi connectivity index (χ3n) is 5.18. The molecule has 2 aromatic carbocycles. The molecule has 1 aliphatic rings. The smallest absolute Gasteiger partial charge is 0.296 e. The van der Waals surface area contributed by atoms with Crippen molar-refractivity contribution in [2.45, 2.75) is 13.0 Å². The van der Waals surface area contributed by atoms with Gasteiger partial charge >= 0.3 is 0 Å². The van der Waals surface area contributed by atoms with E-state index in [4.69, 9.17) is 4.42 Å². The van der Waals surface area contributed by atoms with Crippen LogP contribution in [-0.4, -0.2) is 10.9 Å². The second-order valence-corrected chi connectivity index (χ2v) is 8.02. The molecule has 7 heteroatoms. The Morgan fingerprint density at radius 3 is 2.67 bits per heavy atom. The zero-order valence-corrected chi connectivity index (χ0v) is 17.3. The van der Waals surface area contributed by atoms with Crippen LogP contribution in [0.2, 0.25) is 0 Å². The molecule has 0 fully saturated rings. The lowest BCUT2D eigenvalue weighted by molar-refractivity contribution is 0.0970. The fraction of sp³-hybridized carbons (Fsp3) is 0.0870. The van der Waals surface area contributed by atoms with Crippen molar-refractivity contribution in [1.29, 1.82) is 0 Å². The minimum atomic E-state index is -0.984. The summed E-state index contributed by atoms with van der Waals surface area (Å²) in [6.07, 6.45) is 1.57. The minimum absolute atomic E-state index is 0.0913. The van der Waals surface area contributed by atoms with Crippen LogP contribution in [-0.2, 0) is 0 Å². The maximum atomic E-state index is 14.8. The number of carbonyl (C=O) groups is 1. The van der Waals surface area contributed by atoms with E-state index in [1.54, 1.807) is 54.7 Å². The Kier molecular flexibility index (Phi) is 4.29. The quantitative estimate of drug-likeness (QED) is 0.411. The summed E-state index contributed by atoms with van der Waals surface area (Å²) < 4.78 is 21.4. The van der Waals surface area contributed by atoms with Crippen molar-refractivity contribution in [3.8, 4) is 0 Å². The molecular weight excluding hydrogens is 451 g/mol. The number of anilines is 1. The predicted octanol–water partition coefficient (Wildman–Crippen LogP) is 5.15. The van der Waals surface area contributed by atoms with E-state index in [1.807, 2.05) is 6.92 Å². The molecule has 148 valence electrons. The van der Waals surface area contributed by atoms with E-state index in [1.165, 1.54) is 11.0 Å². The molecule has 0 aliphatic carbocycles. The maximum absolute atomic E-state index is 14.8. The molecule has 30 heavy (non-hydrogen) atoms. The molecule has 1 atom stereocenters. The molecule has 2 aromatic heterocycles. The monoisotopic (exact) mass is 464 g/mol. The summed E-state index contributed by atoms with van der Waals surface area (Å²) in [5, 5.41) is 0.316. The normalized spacial score (nSPS) is 15.6. The third kappa shape index (κ3) is 2.77. The number of rotatable bonds is 2. The molecule has 5 nitrogen and oxygen atoms in total. The van der Waals surface area contributed by atoms with E-state index in [-0.39, 0.29) is 22.3 Å². The van der Waals surface area contributed by atoms with Crippen LogP contribution < -0.4 is 10.3 Å². The number of amides is 1. The second-order valence-electron chi connectivity index (χ2n) is 7.11. The predicted molar refractivity (Wildman–Crippen MR) is 114 cm³/mol. The minimum Gasteiger partial charge on any atom is -0.450 e. The Hall–Kier alpha value is -3.32. The number of fused-ring (bicyclic) bond motifs is 2. The maximum Gasteiger partial charge on any atom is 0.296 e. The molecule has 0 saturated heterocycles. The highest BCUT2D eigenvalue weighted by molar-refractivity contribution is 9.10. The summed E-state index contributed by atoms with van der Waals surface area (Å²) >= 11 is 3.36. The van der Waals surface area contributed by atoms with E-state index in [0.29, 0.717) is 21.3 Å². The summed E-state index contributed by atoms with van der Waals surface area (Å²) in [7, 11) is 0. The van der Waals surface area contributed by atoms with Gasteiger partial charge in [0.1, 0.15) is 17.2 Å². The topological polar surface area (TPSA) is 63.4 Å². The van der Waals surface area contributed by atoms with Crippen molar-refractivity contribution < 1.29 is 13.6 Å². The van der Waals surface area contributed by atoms with Crippen molar-refractivity contribution in [1.82, 2.24) is 4.98 Å². The number of hydrogen-bond donors (Lipinski definition) is 0. The molecule has 1 amide bonds. The molecule has 1 unspecified atom stereocenters. The number of benzene rings is 2. The number of nitrogens with zero attached hydrogens (tertiary/aromatic N) is 2. The molecule has 4 aromatic rings. The number of aromatic nitrogens is 1. The number of aryl methyl sites for hydroxylation is 1. The van der Waals surface area contributed by atoms with E-state index >= 15 is 0 Å². The van der Waals surface area contributed by atoms with Crippen LogP contribution in [0.5, 0.6) is 0 Å². The first-order valence-electron chi connectivity index (χ1n) is 9.22. The highest BCUT2D eigenvalue weighted by Gasteiger charge is 2.45. The summed E-state index contributed by atoms with van der Waals surface area (Å²) in [5.74, 6) is -0.816. The van der Waals surface area contributed by atoms with E-state index in [9.17, 15) is 14.0 Å². The van der Waals surface area contributed by atoms with Gasteiger partial charge in [0, 0.05) is 16.2 Å². The van der Waals surface area contributed by atoms with Gasteiger partial charge < -0.3 is 4.42 Å². The van der Waals surface area contributed by atoms with Gasteiger partial charge in [-0.15, -0.1) is 0 Å². The van der Waals surface area contributed by atoms with Crippen molar-refractivity contribution >= 4 is 38.6 Å². The molecule has 3 heterocycles. The SMILES string of the molecule is Cc1ccnc(N2C(=O)c3oc4ccc(Br)cc4c(=O)c3C2c2ccccc2F)c1. The van der Waals surface area contributed by atoms with Gasteiger partial charge in [-0.05, 0) is 48.9 Å². The first-order valence-corrected chi connectivity index (χ1v) is 10.0. The first kappa shape index (κ1) is 18.7. The van der Waals surface area contributed by atoms with Crippen molar-refractivity contribution in [2.75, 3.05) is 4.90 Å². The van der Waals surface area contributed by atoms with Gasteiger partial charge in [-0.1, -0.05) is 34.1 Å². The zero-order chi connectivity index (χ0) is 21.0. The van der Waals surface area contributed by atoms with Gasteiger partial charge in [-0.2, -0.15) is 0 Å². The number of pyridine rings is 1. The second kappa shape index (κ2) is 6.88. The van der Waals surface area contributed by atoms with Crippen molar-refractivity contribution in [3.05, 3.63) is 104 Å². The molecular formula is C23H14BrFN2O3. The summed E-state index contributed by atoms with van der Waals surface area (Å²) in [5.41, 5.74) is 1.11. The van der Waals surface area contributed by atoms with Gasteiger partial charge in [-0.25, -0.2) is 9.37 Å².